The summed E-state index contributed by atoms with van der Waals surface area (Å²) in [6.45, 7) is 6.46. The zero-order valence-corrected chi connectivity index (χ0v) is 12.4. The van der Waals surface area contributed by atoms with Gasteiger partial charge in [-0.25, -0.2) is 8.42 Å². The van der Waals surface area contributed by atoms with Crippen molar-refractivity contribution in [1.82, 2.24) is 4.31 Å². The van der Waals surface area contributed by atoms with E-state index in [0.29, 0.717) is 11.4 Å². The summed E-state index contributed by atoms with van der Waals surface area (Å²) in [6, 6.07) is 8.86. The van der Waals surface area contributed by atoms with Gasteiger partial charge in [-0.15, -0.1) is 0 Å². The van der Waals surface area contributed by atoms with Gasteiger partial charge in [0.15, 0.2) is 0 Å². The Morgan fingerprint density at radius 1 is 1.37 bits per heavy atom. The minimum absolute atomic E-state index is 0.206. The highest BCUT2D eigenvalue weighted by molar-refractivity contribution is 7.89. The Balaban J connectivity index is 3.08. The van der Waals surface area contributed by atoms with Crippen LogP contribution in [-0.2, 0) is 10.0 Å². The summed E-state index contributed by atoms with van der Waals surface area (Å²) < 4.78 is 26.5. The summed E-state index contributed by atoms with van der Waals surface area (Å²) in [5.41, 5.74) is 0.908. The third-order valence-corrected chi connectivity index (χ3v) is 4.53. The van der Waals surface area contributed by atoms with Gasteiger partial charge in [0.05, 0.1) is 11.0 Å². The molecule has 1 aromatic carbocycles. The van der Waals surface area contributed by atoms with Crippen molar-refractivity contribution >= 4 is 10.0 Å². The molecule has 4 nitrogen and oxygen atoms in total. The smallest absolute Gasteiger partial charge is 0.207 e. The van der Waals surface area contributed by atoms with Gasteiger partial charge in [0.25, 0.3) is 0 Å². The second kappa shape index (κ2) is 6.69. The summed E-state index contributed by atoms with van der Waals surface area (Å²) in [7, 11) is -3.51. The van der Waals surface area contributed by atoms with Crippen LogP contribution in [-0.4, -0.2) is 25.8 Å². The molecular formula is C14H20N2O2S. The molecule has 0 aliphatic heterocycles. The van der Waals surface area contributed by atoms with E-state index in [4.69, 9.17) is 5.26 Å². The van der Waals surface area contributed by atoms with Crippen molar-refractivity contribution < 1.29 is 8.42 Å². The maximum absolute atomic E-state index is 12.5. The van der Waals surface area contributed by atoms with Crippen LogP contribution in [0.4, 0.5) is 0 Å². The van der Waals surface area contributed by atoms with E-state index in [-0.39, 0.29) is 18.9 Å². The predicted molar refractivity (Wildman–Crippen MR) is 75.0 cm³/mol. The molecule has 0 heterocycles. The van der Waals surface area contributed by atoms with Crippen LogP contribution >= 0.6 is 0 Å². The molecule has 1 rings (SSSR count). The van der Waals surface area contributed by atoms with Gasteiger partial charge in [-0.2, -0.15) is 9.57 Å². The molecule has 0 spiro atoms. The first-order valence-electron chi connectivity index (χ1n) is 6.31. The largest absolute Gasteiger partial charge is 0.243 e. The van der Waals surface area contributed by atoms with E-state index in [1.54, 1.807) is 18.2 Å². The Hall–Kier alpha value is -1.38. The molecule has 1 aromatic rings. The Bertz CT molecular complexity index is 559. The minimum atomic E-state index is -3.51. The molecule has 0 N–H and O–H groups in total. The van der Waals surface area contributed by atoms with Crippen molar-refractivity contribution in [3.05, 3.63) is 29.8 Å². The van der Waals surface area contributed by atoms with Crippen LogP contribution in [0.25, 0.3) is 0 Å². The van der Waals surface area contributed by atoms with Crippen LogP contribution in [0, 0.1) is 24.2 Å². The normalized spacial score (nSPS) is 11.8. The highest BCUT2D eigenvalue weighted by Gasteiger charge is 2.24. The van der Waals surface area contributed by atoms with Crippen LogP contribution in [0.15, 0.2) is 29.2 Å². The fraction of sp³-hybridized carbons (Fsp3) is 0.500. The summed E-state index contributed by atoms with van der Waals surface area (Å²) in [5.74, 6) is 0.221. The van der Waals surface area contributed by atoms with Gasteiger partial charge in [-0.1, -0.05) is 26.0 Å². The van der Waals surface area contributed by atoms with Crippen molar-refractivity contribution in [2.45, 2.75) is 32.1 Å². The average molecular weight is 280 g/mol. The lowest BCUT2D eigenvalue weighted by atomic mass is 10.2. The molecule has 0 atom stereocenters. The molecule has 0 saturated heterocycles. The average Bonchev–Trinajstić information content (AvgIpc) is 2.34. The Morgan fingerprint density at radius 2 is 2.05 bits per heavy atom. The molecule has 0 aliphatic carbocycles. The van der Waals surface area contributed by atoms with E-state index in [2.05, 4.69) is 0 Å². The molecule has 104 valence electrons. The Labute approximate surface area is 115 Å². The molecule has 0 amide bonds. The monoisotopic (exact) mass is 280 g/mol. The molecule has 0 saturated carbocycles. The van der Waals surface area contributed by atoms with Crippen LogP contribution in [0.2, 0.25) is 0 Å². The van der Waals surface area contributed by atoms with Gasteiger partial charge in [0.2, 0.25) is 10.0 Å². The molecule has 0 radical (unpaired) electrons. The van der Waals surface area contributed by atoms with Crippen molar-refractivity contribution in [3.8, 4) is 6.07 Å². The lowest BCUT2D eigenvalue weighted by molar-refractivity contribution is 0.373. The summed E-state index contributed by atoms with van der Waals surface area (Å²) in [4.78, 5) is 0.297. The number of hydrogen-bond donors (Lipinski definition) is 0. The van der Waals surface area contributed by atoms with Gasteiger partial charge in [0.1, 0.15) is 0 Å². The molecule has 0 bridgehead atoms. The van der Waals surface area contributed by atoms with Crippen LogP contribution in [0.5, 0.6) is 0 Å². The Kier molecular flexibility index (Phi) is 5.52. The van der Waals surface area contributed by atoms with Gasteiger partial charge in [-0.3, -0.25) is 0 Å². The Morgan fingerprint density at radius 3 is 2.58 bits per heavy atom. The van der Waals surface area contributed by atoms with Crippen molar-refractivity contribution in [1.29, 1.82) is 5.26 Å². The van der Waals surface area contributed by atoms with Crippen LogP contribution in [0.1, 0.15) is 25.8 Å². The highest BCUT2D eigenvalue weighted by atomic mass is 32.2. The molecule has 0 fully saturated rings. The zero-order valence-electron chi connectivity index (χ0n) is 11.6. The number of nitriles is 1. The van der Waals surface area contributed by atoms with Gasteiger partial charge < -0.3 is 0 Å². The number of benzene rings is 1. The fourth-order valence-electron chi connectivity index (χ4n) is 1.82. The van der Waals surface area contributed by atoms with Gasteiger partial charge in [0, 0.05) is 19.5 Å². The summed E-state index contributed by atoms with van der Waals surface area (Å²) in [6.07, 6.45) is 0.206. The van der Waals surface area contributed by atoms with Gasteiger partial charge in [-0.05, 0) is 30.5 Å². The van der Waals surface area contributed by atoms with E-state index in [0.717, 1.165) is 5.56 Å². The first-order chi connectivity index (χ1) is 8.87. The van der Waals surface area contributed by atoms with E-state index < -0.39 is 10.0 Å². The third kappa shape index (κ3) is 4.34. The zero-order chi connectivity index (χ0) is 14.5. The lowest BCUT2D eigenvalue weighted by Gasteiger charge is -2.23. The van der Waals surface area contributed by atoms with E-state index in [9.17, 15) is 8.42 Å². The molecular weight excluding hydrogens is 260 g/mol. The van der Waals surface area contributed by atoms with Crippen LogP contribution < -0.4 is 0 Å². The molecule has 0 aromatic heterocycles. The standard InChI is InChI=1S/C14H20N2O2S/c1-12(2)11-16(9-5-8-15)19(17,18)14-7-4-6-13(3)10-14/h4,6-7,10,12H,5,9,11H2,1-3H3. The third-order valence-electron chi connectivity index (χ3n) is 2.67. The second-order valence-corrected chi connectivity index (χ2v) is 6.92. The molecule has 0 aliphatic rings. The maximum atomic E-state index is 12.5. The molecule has 19 heavy (non-hydrogen) atoms. The number of aryl methyl sites for hydroxylation is 1. The lowest BCUT2D eigenvalue weighted by Crippen LogP contribution is -2.35. The van der Waals surface area contributed by atoms with Crippen molar-refractivity contribution in [2.24, 2.45) is 5.92 Å². The number of sulfonamides is 1. The fourth-order valence-corrected chi connectivity index (χ4v) is 3.53. The van der Waals surface area contributed by atoms with E-state index in [1.165, 1.54) is 4.31 Å². The molecule has 5 heteroatoms. The quantitative estimate of drug-likeness (QED) is 0.804. The summed E-state index contributed by atoms with van der Waals surface area (Å²) >= 11 is 0. The first-order valence-corrected chi connectivity index (χ1v) is 7.75. The minimum Gasteiger partial charge on any atom is -0.207 e. The summed E-state index contributed by atoms with van der Waals surface area (Å²) in [5, 5.41) is 8.66. The van der Waals surface area contributed by atoms with Crippen molar-refractivity contribution in [2.75, 3.05) is 13.1 Å². The van der Waals surface area contributed by atoms with E-state index in [1.807, 2.05) is 32.9 Å². The van der Waals surface area contributed by atoms with E-state index >= 15 is 0 Å². The maximum Gasteiger partial charge on any atom is 0.243 e. The van der Waals surface area contributed by atoms with Crippen LogP contribution in [0.3, 0.4) is 0 Å². The first kappa shape index (κ1) is 15.7. The number of nitrogens with zero attached hydrogens (tertiary/aromatic N) is 2. The second-order valence-electron chi connectivity index (χ2n) is 4.98. The number of hydrogen-bond acceptors (Lipinski definition) is 3. The topological polar surface area (TPSA) is 61.2 Å². The molecule has 0 unspecified atom stereocenters. The predicted octanol–water partition coefficient (Wildman–Crippen LogP) is 2.56. The van der Waals surface area contributed by atoms with Gasteiger partial charge >= 0.3 is 0 Å². The number of rotatable bonds is 6. The van der Waals surface area contributed by atoms with Crippen molar-refractivity contribution in [3.63, 3.8) is 0 Å². The SMILES string of the molecule is Cc1cccc(S(=O)(=O)N(CCC#N)CC(C)C)c1. The highest BCUT2D eigenvalue weighted by Crippen LogP contribution is 2.18.